The number of carbonyl (C=O) groups is 1. The summed E-state index contributed by atoms with van der Waals surface area (Å²) in [6, 6.07) is 9.45. The van der Waals surface area contributed by atoms with Gasteiger partial charge in [-0.15, -0.1) is 0 Å². The number of amides is 1. The molecule has 2 unspecified atom stereocenters. The lowest BCUT2D eigenvalue weighted by molar-refractivity contribution is 0.0951. The van der Waals surface area contributed by atoms with E-state index >= 15 is 0 Å². The summed E-state index contributed by atoms with van der Waals surface area (Å²) in [6.07, 6.45) is 5.88. The predicted octanol–water partition coefficient (Wildman–Crippen LogP) is 6.14. The third-order valence-corrected chi connectivity index (χ3v) is 7.01. The van der Waals surface area contributed by atoms with Crippen LogP contribution in [-0.4, -0.2) is 36.0 Å². The molecule has 38 heavy (non-hydrogen) atoms. The van der Waals surface area contributed by atoms with Crippen molar-refractivity contribution in [1.29, 1.82) is 0 Å². The van der Waals surface area contributed by atoms with Gasteiger partial charge in [0, 0.05) is 36.3 Å². The molecule has 2 aliphatic heterocycles. The van der Waals surface area contributed by atoms with E-state index < -0.39 is 11.6 Å². The van der Waals surface area contributed by atoms with Gasteiger partial charge in [-0.25, -0.2) is 8.78 Å². The molecule has 3 heterocycles. The van der Waals surface area contributed by atoms with Crippen LogP contribution in [0, 0.1) is 17.6 Å². The van der Waals surface area contributed by atoms with Crippen LogP contribution in [0.3, 0.4) is 0 Å². The number of nitrogens with one attached hydrogen (secondary N) is 1. The van der Waals surface area contributed by atoms with Gasteiger partial charge in [0.2, 0.25) is 0 Å². The molecule has 1 aromatic heterocycles. The van der Waals surface area contributed by atoms with Gasteiger partial charge in [0.15, 0.2) is 11.6 Å². The molecule has 8 heteroatoms. The Balaban J connectivity index is 1.54. The van der Waals surface area contributed by atoms with Gasteiger partial charge in [0.1, 0.15) is 11.9 Å². The molecule has 5 rings (SSSR count). The van der Waals surface area contributed by atoms with Crippen molar-refractivity contribution in [2.45, 2.75) is 58.7 Å². The van der Waals surface area contributed by atoms with E-state index in [0.29, 0.717) is 36.8 Å². The highest BCUT2D eigenvalue weighted by molar-refractivity contribution is 6.09. The van der Waals surface area contributed by atoms with Gasteiger partial charge in [-0.3, -0.25) is 9.79 Å². The van der Waals surface area contributed by atoms with E-state index in [2.05, 4.69) is 41.7 Å². The summed E-state index contributed by atoms with van der Waals surface area (Å²) in [4.78, 5) is 18.3. The zero-order valence-electron chi connectivity index (χ0n) is 22.0. The van der Waals surface area contributed by atoms with E-state index in [4.69, 9.17) is 9.47 Å². The average Bonchev–Trinajstić information content (AvgIpc) is 3.51. The number of fused-ring (bicyclic) bond motifs is 1. The lowest BCUT2D eigenvalue weighted by atomic mass is 10.0. The number of hydrogen-bond acceptors (Lipinski definition) is 4. The number of ether oxygens (including phenoxy) is 2. The molecule has 1 saturated heterocycles. The number of benzene rings is 2. The number of aliphatic imine (C=N–C) groups is 1. The fourth-order valence-electron chi connectivity index (χ4n) is 5.18. The molecule has 1 N–H and O–H groups in total. The van der Waals surface area contributed by atoms with Crippen molar-refractivity contribution < 1.29 is 23.0 Å². The van der Waals surface area contributed by atoms with Crippen LogP contribution in [0.15, 0.2) is 53.2 Å². The molecular formula is C30H33F2N3O3. The van der Waals surface area contributed by atoms with Crippen molar-refractivity contribution in [3.63, 3.8) is 0 Å². The second-order valence-electron chi connectivity index (χ2n) is 10.4. The summed E-state index contributed by atoms with van der Waals surface area (Å²) in [5.74, 6) is -0.968. The van der Waals surface area contributed by atoms with Crippen molar-refractivity contribution in [3.8, 4) is 5.75 Å². The van der Waals surface area contributed by atoms with Gasteiger partial charge in [0.25, 0.3) is 5.91 Å². The largest absolute Gasteiger partial charge is 0.488 e. The Bertz CT molecular complexity index is 1400. The Morgan fingerprint density at radius 2 is 2.05 bits per heavy atom. The Morgan fingerprint density at radius 3 is 2.76 bits per heavy atom. The molecule has 0 aliphatic carbocycles. The minimum Gasteiger partial charge on any atom is -0.488 e. The standard InChI is InChI=1S/C30H33F2N3O3/c1-18(2)29-28(30(36)34-15-20-4-7-25(31)26(32)13-20)24-6-5-22(38-23-9-11-37-17-23)14-27(24)35(29)16-21-12-19(3)8-10-33-21/h4-7,10,12-14,18-19,23H,8-9,11,15-17H2,1-3H3,(H,34,36). The number of aromatic nitrogens is 1. The molecule has 200 valence electrons. The molecule has 2 aliphatic rings. The Morgan fingerprint density at radius 1 is 1.21 bits per heavy atom. The zero-order chi connectivity index (χ0) is 26.8. The SMILES string of the molecule is CC1C=C(Cn2c(C(C)C)c(C(=O)NCc3ccc(F)c(F)c3)c3ccc(OC4CCOC4)cc32)N=CC1. The molecule has 2 aromatic carbocycles. The lowest BCUT2D eigenvalue weighted by Gasteiger charge is -2.18. The monoisotopic (exact) mass is 521 g/mol. The number of hydrogen-bond donors (Lipinski definition) is 1. The smallest absolute Gasteiger partial charge is 0.254 e. The Hall–Kier alpha value is -3.52. The second kappa shape index (κ2) is 11.1. The Kier molecular flexibility index (Phi) is 7.61. The van der Waals surface area contributed by atoms with E-state index in [-0.39, 0.29) is 24.5 Å². The van der Waals surface area contributed by atoms with E-state index in [0.717, 1.165) is 53.0 Å². The first-order valence-electron chi connectivity index (χ1n) is 13.2. The predicted molar refractivity (Wildman–Crippen MR) is 144 cm³/mol. The molecular weight excluding hydrogens is 488 g/mol. The van der Waals surface area contributed by atoms with Crippen molar-refractivity contribution >= 4 is 23.0 Å². The number of allylic oxidation sites excluding steroid dienone is 2. The number of halogens is 2. The van der Waals surface area contributed by atoms with Crippen LogP contribution in [0.5, 0.6) is 5.75 Å². The van der Waals surface area contributed by atoms with Gasteiger partial charge >= 0.3 is 0 Å². The van der Waals surface area contributed by atoms with E-state index in [1.54, 1.807) is 0 Å². The average molecular weight is 522 g/mol. The summed E-state index contributed by atoms with van der Waals surface area (Å²) in [5, 5.41) is 3.72. The zero-order valence-corrected chi connectivity index (χ0v) is 22.0. The third-order valence-electron chi connectivity index (χ3n) is 7.01. The molecule has 6 nitrogen and oxygen atoms in total. The van der Waals surface area contributed by atoms with Gasteiger partial charge in [-0.05, 0) is 48.1 Å². The molecule has 1 amide bonds. The van der Waals surface area contributed by atoms with Gasteiger partial charge < -0.3 is 19.4 Å². The highest BCUT2D eigenvalue weighted by Crippen LogP contribution is 2.35. The molecule has 2 atom stereocenters. The van der Waals surface area contributed by atoms with Crippen LogP contribution in [-0.2, 0) is 17.8 Å². The number of rotatable bonds is 8. The molecule has 3 aromatic rings. The topological polar surface area (TPSA) is 64.9 Å². The quantitative estimate of drug-likeness (QED) is 0.388. The molecule has 0 bridgehead atoms. The van der Waals surface area contributed by atoms with Crippen LogP contribution in [0.2, 0.25) is 0 Å². The van der Waals surface area contributed by atoms with E-state index in [9.17, 15) is 13.6 Å². The van der Waals surface area contributed by atoms with E-state index in [1.165, 1.54) is 6.07 Å². The summed E-state index contributed by atoms with van der Waals surface area (Å²) >= 11 is 0. The van der Waals surface area contributed by atoms with Crippen LogP contribution in [0.25, 0.3) is 10.9 Å². The van der Waals surface area contributed by atoms with Crippen molar-refractivity contribution in [2.24, 2.45) is 10.9 Å². The maximum Gasteiger partial charge on any atom is 0.254 e. The van der Waals surface area contributed by atoms with Crippen LogP contribution in [0.1, 0.15) is 61.1 Å². The first-order valence-corrected chi connectivity index (χ1v) is 13.2. The van der Waals surface area contributed by atoms with Crippen molar-refractivity contribution in [2.75, 3.05) is 13.2 Å². The normalized spacial score (nSPS) is 19.3. The summed E-state index contributed by atoms with van der Waals surface area (Å²) in [6.45, 7) is 8.14. The minimum atomic E-state index is -0.938. The van der Waals surface area contributed by atoms with Crippen LogP contribution >= 0.6 is 0 Å². The first-order chi connectivity index (χ1) is 18.3. The second-order valence-corrected chi connectivity index (χ2v) is 10.4. The molecule has 0 saturated carbocycles. The van der Waals surface area contributed by atoms with Gasteiger partial charge in [-0.2, -0.15) is 0 Å². The minimum absolute atomic E-state index is 0.00538. The van der Waals surface area contributed by atoms with Gasteiger partial charge in [0.05, 0.1) is 36.5 Å². The number of nitrogens with zero attached hydrogens (tertiary/aromatic N) is 2. The summed E-state index contributed by atoms with van der Waals surface area (Å²) in [5.41, 5.74) is 3.78. The van der Waals surface area contributed by atoms with Crippen LogP contribution in [0.4, 0.5) is 8.78 Å². The molecule has 1 fully saturated rings. The highest BCUT2D eigenvalue weighted by Gasteiger charge is 2.26. The maximum atomic E-state index is 13.7. The fraction of sp³-hybridized carbons (Fsp3) is 0.400. The lowest BCUT2D eigenvalue weighted by Crippen LogP contribution is -2.24. The fourth-order valence-corrected chi connectivity index (χ4v) is 5.18. The van der Waals surface area contributed by atoms with Crippen molar-refractivity contribution in [1.82, 2.24) is 9.88 Å². The van der Waals surface area contributed by atoms with E-state index in [1.807, 2.05) is 24.4 Å². The van der Waals surface area contributed by atoms with Gasteiger partial charge in [-0.1, -0.05) is 32.9 Å². The van der Waals surface area contributed by atoms with Crippen LogP contribution < -0.4 is 10.1 Å². The Labute approximate surface area is 221 Å². The first kappa shape index (κ1) is 26.1. The highest BCUT2D eigenvalue weighted by atomic mass is 19.2. The molecule has 0 radical (unpaired) electrons. The number of carbonyl (C=O) groups excluding carboxylic acids is 1. The molecule has 0 spiro atoms. The summed E-state index contributed by atoms with van der Waals surface area (Å²) < 4.78 is 40.9. The third kappa shape index (κ3) is 5.50. The maximum absolute atomic E-state index is 13.7. The van der Waals surface area contributed by atoms with Crippen molar-refractivity contribution in [3.05, 3.63) is 76.6 Å². The summed E-state index contributed by atoms with van der Waals surface area (Å²) in [7, 11) is 0.